The van der Waals surface area contributed by atoms with Crippen LogP contribution in [0.15, 0.2) is 255 Å². The summed E-state index contributed by atoms with van der Waals surface area (Å²) in [5.74, 6) is 1.69. The lowest BCUT2D eigenvalue weighted by Crippen LogP contribution is -2.04. The number of aryl methyl sites for hydroxylation is 2. The highest BCUT2D eigenvalue weighted by Gasteiger charge is 2.24. The summed E-state index contributed by atoms with van der Waals surface area (Å²) in [6.45, 7) is 12.7. The van der Waals surface area contributed by atoms with E-state index in [1.165, 1.54) is 44.2 Å². The van der Waals surface area contributed by atoms with Crippen molar-refractivity contribution in [2.24, 2.45) is 0 Å². The van der Waals surface area contributed by atoms with Crippen LogP contribution in [-0.4, -0.2) is 24.1 Å². The average Bonchev–Trinajstić information content (AvgIpc) is 4.17. The summed E-state index contributed by atoms with van der Waals surface area (Å²) in [4.78, 5) is 20.0. The van der Waals surface area contributed by atoms with E-state index >= 15 is 0 Å². The third-order valence-corrected chi connectivity index (χ3v) is 15.3. The zero-order valence-electron chi connectivity index (χ0n) is 42.9. The first-order valence-corrected chi connectivity index (χ1v) is 26.3. The van der Waals surface area contributed by atoms with Gasteiger partial charge in [0.15, 0.2) is 23.2 Å². The van der Waals surface area contributed by atoms with Crippen molar-refractivity contribution in [3.8, 4) is 90.0 Å². The van der Waals surface area contributed by atoms with E-state index in [9.17, 15) is 0 Å². The molecule has 0 aliphatic carbocycles. The molecular formula is C72H48N6. The van der Waals surface area contributed by atoms with E-state index in [0.29, 0.717) is 23.2 Å². The Bertz CT molecular complexity index is 4650. The first-order valence-electron chi connectivity index (χ1n) is 26.3. The maximum Gasteiger partial charge on any atom is 0.194 e. The summed E-state index contributed by atoms with van der Waals surface area (Å²) < 4.78 is 4.80. The second-order valence-electron chi connectivity index (χ2n) is 19.9. The van der Waals surface area contributed by atoms with Crippen molar-refractivity contribution in [2.45, 2.75) is 13.8 Å². The van der Waals surface area contributed by atoms with Crippen molar-refractivity contribution >= 4 is 49.3 Å². The van der Waals surface area contributed by atoms with E-state index < -0.39 is 0 Å². The molecule has 0 saturated carbocycles. The van der Waals surface area contributed by atoms with Gasteiger partial charge in [0, 0.05) is 49.5 Å². The molecule has 78 heavy (non-hydrogen) atoms. The van der Waals surface area contributed by atoms with Crippen molar-refractivity contribution in [1.29, 1.82) is 0 Å². The minimum absolute atomic E-state index is 0.539. The van der Waals surface area contributed by atoms with E-state index in [1.54, 1.807) is 0 Å². The lowest BCUT2D eigenvalue weighted by Gasteiger charge is -2.20. The van der Waals surface area contributed by atoms with Crippen molar-refractivity contribution in [2.75, 3.05) is 0 Å². The predicted octanol–water partition coefficient (Wildman–Crippen LogP) is 18.9. The number of hydrogen-bond donors (Lipinski definition) is 0. The lowest BCUT2D eigenvalue weighted by molar-refractivity contribution is 1.07. The largest absolute Gasteiger partial charge is 0.309 e. The Balaban J connectivity index is 1.09. The van der Waals surface area contributed by atoms with Gasteiger partial charge in [-0.05, 0) is 131 Å². The fraction of sp³-hybridized carbons (Fsp3) is 0.0278. The number of aromatic nitrogens is 5. The van der Waals surface area contributed by atoms with Gasteiger partial charge >= 0.3 is 0 Å². The monoisotopic (exact) mass is 996 g/mol. The molecule has 3 heterocycles. The first kappa shape index (κ1) is 46.1. The fourth-order valence-electron chi connectivity index (χ4n) is 11.6. The molecule has 0 unspecified atom stereocenters. The summed E-state index contributed by atoms with van der Waals surface area (Å²) in [6.07, 6.45) is 0. The normalized spacial score (nSPS) is 11.4. The van der Waals surface area contributed by atoms with E-state index in [0.717, 1.165) is 83.2 Å². The lowest BCUT2D eigenvalue weighted by atomic mass is 9.92. The van der Waals surface area contributed by atoms with Gasteiger partial charge in [0.2, 0.25) is 0 Å². The predicted molar refractivity (Wildman–Crippen MR) is 322 cm³/mol. The van der Waals surface area contributed by atoms with E-state index in [4.69, 9.17) is 21.5 Å². The molecule has 14 aromatic rings. The van der Waals surface area contributed by atoms with E-state index in [1.807, 2.05) is 84.9 Å². The van der Waals surface area contributed by atoms with Crippen molar-refractivity contribution in [3.63, 3.8) is 0 Å². The molecule has 11 aromatic carbocycles. The molecule has 0 atom stereocenters. The van der Waals surface area contributed by atoms with Gasteiger partial charge in [0.25, 0.3) is 0 Å². The number of benzene rings is 11. The molecule has 0 aliphatic heterocycles. The van der Waals surface area contributed by atoms with Gasteiger partial charge in [-0.25, -0.2) is 19.8 Å². The van der Waals surface area contributed by atoms with Crippen LogP contribution in [0.5, 0.6) is 0 Å². The molecule has 0 saturated heterocycles. The van der Waals surface area contributed by atoms with Crippen LogP contribution >= 0.6 is 0 Å². The Kier molecular flexibility index (Phi) is 11.2. The number of fused-ring (bicyclic) bond motifs is 6. The van der Waals surface area contributed by atoms with Gasteiger partial charge in [-0.3, -0.25) is 0 Å². The van der Waals surface area contributed by atoms with Crippen molar-refractivity contribution in [3.05, 3.63) is 277 Å². The standard InChI is InChI=1S/C72H48N6/c1-46-20-10-12-26-54(46)50-34-39-67-61(42-50)57-29-15-18-32-65(57)77(67)53-37-38-59(72-75-70(48-22-6-4-7-23-48)74-71(76-72)49-24-8-5-9-25-49)60(45-53)63-44-52(56-28-14-17-31-64(56)73-3)36-41-69(63)78-66-33-19-16-30-58(66)62-43-51(35-40-68(62)78)55-27-13-11-21-47(55)2/h4-45H,1-2H3. The summed E-state index contributed by atoms with van der Waals surface area (Å²) in [6, 6.07) is 89.9. The molecule has 0 fully saturated rings. The van der Waals surface area contributed by atoms with Crippen LogP contribution in [0.1, 0.15) is 11.1 Å². The second kappa shape index (κ2) is 19.0. The minimum Gasteiger partial charge on any atom is -0.309 e. The molecule has 0 aliphatic rings. The van der Waals surface area contributed by atoms with Crippen molar-refractivity contribution < 1.29 is 0 Å². The average molecular weight is 997 g/mol. The van der Waals surface area contributed by atoms with Crippen LogP contribution in [0.4, 0.5) is 5.69 Å². The number of nitrogens with zero attached hydrogens (tertiary/aromatic N) is 6. The molecule has 0 spiro atoms. The quantitative estimate of drug-likeness (QED) is 0.135. The Morgan fingerprint density at radius 2 is 0.769 bits per heavy atom. The Hall–Kier alpha value is -10.5. The summed E-state index contributed by atoms with van der Waals surface area (Å²) in [5, 5.41) is 4.64. The van der Waals surface area contributed by atoms with Crippen LogP contribution in [-0.2, 0) is 0 Å². The van der Waals surface area contributed by atoms with Gasteiger partial charge in [-0.15, -0.1) is 0 Å². The molecule has 0 bridgehead atoms. The first-order chi connectivity index (χ1) is 38.5. The van der Waals surface area contributed by atoms with Gasteiger partial charge in [-0.1, -0.05) is 188 Å². The van der Waals surface area contributed by atoms with E-state index in [-0.39, 0.29) is 0 Å². The van der Waals surface area contributed by atoms with Crippen LogP contribution in [0, 0.1) is 20.4 Å². The Morgan fingerprint density at radius 1 is 0.308 bits per heavy atom. The van der Waals surface area contributed by atoms with E-state index in [2.05, 4.69) is 198 Å². The maximum absolute atomic E-state index is 8.32. The summed E-state index contributed by atoms with van der Waals surface area (Å²) >= 11 is 0. The molecular weight excluding hydrogens is 949 g/mol. The van der Waals surface area contributed by atoms with Crippen LogP contribution in [0.25, 0.3) is 139 Å². The van der Waals surface area contributed by atoms with Crippen LogP contribution in [0.2, 0.25) is 0 Å². The van der Waals surface area contributed by atoms with Gasteiger partial charge < -0.3 is 9.13 Å². The third-order valence-electron chi connectivity index (χ3n) is 15.3. The maximum atomic E-state index is 8.32. The molecule has 3 aromatic heterocycles. The van der Waals surface area contributed by atoms with Crippen LogP contribution < -0.4 is 0 Å². The topological polar surface area (TPSA) is 52.9 Å². The number of para-hydroxylation sites is 3. The van der Waals surface area contributed by atoms with Crippen molar-refractivity contribution in [1.82, 2.24) is 24.1 Å². The Morgan fingerprint density at radius 3 is 1.36 bits per heavy atom. The third kappa shape index (κ3) is 7.84. The summed E-state index contributed by atoms with van der Waals surface area (Å²) in [7, 11) is 0. The molecule has 6 nitrogen and oxygen atoms in total. The minimum atomic E-state index is 0.539. The highest BCUT2D eigenvalue weighted by molar-refractivity contribution is 6.12. The fourth-order valence-corrected chi connectivity index (χ4v) is 11.6. The molecule has 0 radical (unpaired) electrons. The SMILES string of the molecule is [C-]#[N+]c1ccccc1-c1ccc(-n2c3ccccc3c3cc(-c4ccccc4C)ccc32)c(-c2cc(-n3c4ccccc4c4cc(-c5ccccc5C)ccc43)ccc2-c2nc(-c3ccccc3)nc(-c3ccccc3)n2)c1. The zero-order chi connectivity index (χ0) is 52.3. The number of rotatable bonds is 9. The molecule has 14 rings (SSSR count). The Labute approximate surface area is 452 Å². The molecule has 0 N–H and O–H groups in total. The van der Waals surface area contributed by atoms with Crippen LogP contribution in [0.3, 0.4) is 0 Å². The second-order valence-corrected chi connectivity index (χ2v) is 19.9. The smallest absolute Gasteiger partial charge is 0.194 e. The van der Waals surface area contributed by atoms with Gasteiger partial charge in [-0.2, -0.15) is 0 Å². The highest BCUT2D eigenvalue weighted by Crippen LogP contribution is 2.45. The number of hydrogen-bond acceptors (Lipinski definition) is 3. The van der Waals surface area contributed by atoms with Gasteiger partial charge in [0.1, 0.15) is 0 Å². The molecule has 0 amide bonds. The van der Waals surface area contributed by atoms with Gasteiger partial charge in [0.05, 0.1) is 34.3 Å². The summed E-state index contributed by atoms with van der Waals surface area (Å²) in [5.41, 5.74) is 20.3. The molecule has 366 valence electrons. The zero-order valence-corrected chi connectivity index (χ0v) is 42.9. The highest BCUT2D eigenvalue weighted by atomic mass is 15.0. The molecule has 6 heteroatoms.